The SMILES string of the molecule is NC(CC(=O)O)C(=O)NC(Cc1c[nH]c2ccccc12)C(=O)N1CCCC1C(=O)NC(Cc1ccc(O)cc1)C(=O)O. The van der Waals surface area contributed by atoms with Crippen LogP contribution in [0.2, 0.25) is 0 Å². The fourth-order valence-corrected chi connectivity index (χ4v) is 5.12. The Morgan fingerprint density at radius 1 is 0.976 bits per heavy atom. The molecule has 0 radical (unpaired) electrons. The second-order valence-corrected chi connectivity index (χ2v) is 10.3. The molecule has 4 rings (SSSR count). The molecule has 4 unspecified atom stereocenters. The highest BCUT2D eigenvalue weighted by Gasteiger charge is 2.39. The molecule has 3 aromatic rings. The second-order valence-electron chi connectivity index (χ2n) is 10.3. The number of carboxylic acids is 2. The lowest BCUT2D eigenvalue weighted by molar-refractivity contribution is -0.145. The van der Waals surface area contributed by atoms with E-state index >= 15 is 0 Å². The van der Waals surface area contributed by atoms with Gasteiger partial charge in [0.25, 0.3) is 0 Å². The number of rotatable bonds is 12. The van der Waals surface area contributed by atoms with Crippen LogP contribution in [0.3, 0.4) is 0 Å². The van der Waals surface area contributed by atoms with E-state index < -0.39 is 60.2 Å². The summed E-state index contributed by atoms with van der Waals surface area (Å²) in [5.74, 6) is -4.55. The summed E-state index contributed by atoms with van der Waals surface area (Å²) in [7, 11) is 0. The van der Waals surface area contributed by atoms with Crippen LogP contribution in [-0.4, -0.2) is 85.6 Å². The lowest BCUT2D eigenvalue weighted by Crippen LogP contribution is -2.57. The van der Waals surface area contributed by atoms with Crippen LogP contribution in [0, 0.1) is 0 Å². The number of nitrogens with zero attached hydrogens (tertiary/aromatic N) is 1. The molecule has 1 saturated heterocycles. The minimum atomic E-state index is -1.39. The number of aromatic amines is 1. The van der Waals surface area contributed by atoms with Gasteiger partial charge in [-0.05, 0) is 42.2 Å². The molecule has 4 atom stereocenters. The van der Waals surface area contributed by atoms with Crippen molar-refractivity contribution in [1.29, 1.82) is 0 Å². The Bertz CT molecular complexity index is 1470. The van der Waals surface area contributed by atoms with E-state index in [9.17, 15) is 34.2 Å². The van der Waals surface area contributed by atoms with Crippen LogP contribution >= 0.6 is 0 Å². The molecule has 13 nitrogen and oxygen atoms in total. The molecule has 1 aliphatic heterocycles. The largest absolute Gasteiger partial charge is 0.508 e. The minimum Gasteiger partial charge on any atom is -0.508 e. The summed E-state index contributed by atoms with van der Waals surface area (Å²) < 4.78 is 0. The number of nitrogens with two attached hydrogens (primary N) is 1. The van der Waals surface area contributed by atoms with Gasteiger partial charge in [-0.15, -0.1) is 0 Å². The number of phenols is 1. The molecule has 3 amide bonds. The summed E-state index contributed by atoms with van der Waals surface area (Å²) in [6, 6.07) is 8.49. The van der Waals surface area contributed by atoms with E-state index in [1.54, 1.807) is 18.3 Å². The zero-order valence-corrected chi connectivity index (χ0v) is 22.7. The molecule has 222 valence electrons. The number of H-pyrrole nitrogens is 1. The minimum absolute atomic E-state index is 0.0213. The van der Waals surface area contributed by atoms with Crippen LogP contribution in [-0.2, 0) is 36.8 Å². The van der Waals surface area contributed by atoms with Crippen molar-refractivity contribution in [2.45, 2.75) is 56.3 Å². The lowest BCUT2D eigenvalue weighted by Gasteiger charge is -2.30. The van der Waals surface area contributed by atoms with Crippen LogP contribution in [0.15, 0.2) is 54.7 Å². The zero-order chi connectivity index (χ0) is 30.4. The molecule has 8 N–H and O–H groups in total. The van der Waals surface area contributed by atoms with Crippen molar-refractivity contribution < 1.29 is 39.3 Å². The van der Waals surface area contributed by atoms with Gasteiger partial charge in [0.05, 0.1) is 12.5 Å². The maximum atomic E-state index is 13.9. The molecule has 42 heavy (non-hydrogen) atoms. The fourth-order valence-electron chi connectivity index (χ4n) is 5.12. The number of carboxylic acid groups (broad SMARTS) is 2. The number of aromatic nitrogens is 1. The van der Waals surface area contributed by atoms with E-state index in [0.29, 0.717) is 12.0 Å². The maximum absolute atomic E-state index is 13.9. The average Bonchev–Trinajstić information content (AvgIpc) is 3.60. The van der Waals surface area contributed by atoms with Crippen molar-refractivity contribution in [3.63, 3.8) is 0 Å². The van der Waals surface area contributed by atoms with E-state index in [2.05, 4.69) is 15.6 Å². The molecule has 0 aliphatic carbocycles. The lowest BCUT2D eigenvalue weighted by atomic mass is 10.0. The van der Waals surface area contributed by atoms with E-state index in [0.717, 1.165) is 16.5 Å². The number of fused-ring (bicyclic) bond motifs is 1. The van der Waals surface area contributed by atoms with Crippen molar-refractivity contribution in [3.05, 3.63) is 65.9 Å². The number of phenolic OH excluding ortho intramolecular Hbond substituents is 1. The first-order chi connectivity index (χ1) is 20.0. The number of likely N-dealkylation sites (tertiary alicyclic amines) is 1. The van der Waals surface area contributed by atoms with Gasteiger partial charge in [0, 0.05) is 36.5 Å². The van der Waals surface area contributed by atoms with Crippen LogP contribution in [0.5, 0.6) is 5.75 Å². The summed E-state index contributed by atoms with van der Waals surface area (Å²) in [5.41, 5.74) is 7.88. The highest BCUT2D eigenvalue weighted by atomic mass is 16.4. The maximum Gasteiger partial charge on any atom is 0.326 e. The Hall–Kier alpha value is -4.91. The molecule has 0 saturated carbocycles. The van der Waals surface area contributed by atoms with Gasteiger partial charge >= 0.3 is 11.9 Å². The number of amides is 3. The Labute approximate surface area is 240 Å². The first kappa shape index (κ1) is 30.1. The normalized spacial score (nSPS) is 16.9. The molecular weight excluding hydrogens is 546 g/mol. The number of nitrogens with one attached hydrogen (secondary N) is 3. The number of aromatic hydroxyl groups is 1. The van der Waals surface area contributed by atoms with E-state index in [1.807, 2.05) is 24.3 Å². The third-order valence-corrected chi connectivity index (χ3v) is 7.27. The van der Waals surface area contributed by atoms with Crippen LogP contribution in [0.1, 0.15) is 30.4 Å². The Morgan fingerprint density at radius 3 is 2.38 bits per heavy atom. The number of carbonyl (C=O) groups is 5. The van der Waals surface area contributed by atoms with Crippen LogP contribution in [0.25, 0.3) is 10.9 Å². The van der Waals surface area contributed by atoms with Gasteiger partial charge < -0.3 is 41.6 Å². The van der Waals surface area contributed by atoms with E-state index in [4.69, 9.17) is 10.8 Å². The molecular formula is C29H33N5O8. The summed E-state index contributed by atoms with van der Waals surface area (Å²) in [6.07, 6.45) is 1.84. The standard InChI is InChI=1S/C29H33N5O8/c30-20(14-25(36)37)26(38)32-22(13-17-15-31-21-5-2-1-4-19(17)21)28(40)34-11-3-6-24(34)27(39)33-23(29(41)42)12-16-7-9-18(35)10-8-16/h1-2,4-5,7-10,15,20,22-24,31,35H,3,6,11-14,30H2,(H,32,38)(H,33,39)(H,36,37)(H,41,42). The summed E-state index contributed by atoms with van der Waals surface area (Å²) in [5, 5.41) is 34.2. The molecule has 1 aliphatic rings. The van der Waals surface area contributed by atoms with Crippen molar-refractivity contribution in [2.75, 3.05) is 6.54 Å². The van der Waals surface area contributed by atoms with E-state index in [1.165, 1.54) is 17.0 Å². The average molecular weight is 580 g/mol. The number of hydrogen-bond donors (Lipinski definition) is 7. The molecule has 13 heteroatoms. The third-order valence-electron chi connectivity index (χ3n) is 7.27. The Morgan fingerprint density at radius 2 is 1.69 bits per heavy atom. The van der Waals surface area contributed by atoms with Crippen molar-refractivity contribution in [2.24, 2.45) is 5.73 Å². The molecule has 2 aromatic carbocycles. The molecule has 0 spiro atoms. The van der Waals surface area contributed by atoms with Gasteiger partial charge in [-0.2, -0.15) is 0 Å². The summed E-state index contributed by atoms with van der Waals surface area (Å²) in [4.78, 5) is 67.4. The highest BCUT2D eigenvalue weighted by Crippen LogP contribution is 2.23. The molecule has 0 bridgehead atoms. The van der Waals surface area contributed by atoms with Crippen molar-refractivity contribution in [1.82, 2.24) is 20.5 Å². The monoisotopic (exact) mass is 579 g/mol. The summed E-state index contributed by atoms with van der Waals surface area (Å²) >= 11 is 0. The third kappa shape index (κ3) is 7.23. The van der Waals surface area contributed by atoms with Gasteiger partial charge in [-0.1, -0.05) is 30.3 Å². The first-order valence-corrected chi connectivity index (χ1v) is 13.5. The van der Waals surface area contributed by atoms with Gasteiger partial charge in [-0.25, -0.2) is 4.79 Å². The van der Waals surface area contributed by atoms with Gasteiger partial charge in [0.15, 0.2) is 0 Å². The zero-order valence-electron chi connectivity index (χ0n) is 22.7. The van der Waals surface area contributed by atoms with Crippen molar-refractivity contribution in [3.8, 4) is 5.75 Å². The molecule has 1 aromatic heterocycles. The fraction of sp³-hybridized carbons (Fsp3) is 0.345. The molecule has 2 heterocycles. The number of hydrogen-bond acceptors (Lipinski definition) is 7. The number of para-hydroxylation sites is 1. The number of carbonyl (C=O) groups excluding carboxylic acids is 3. The summed E-state index contributed by atoms with van der Waals surface area (Å²) in [6.45, 7) is 0.202. The smallest absolute Gasteiger partial charge is 0.326 e. The van der Waals surface area contributed by atoms with Gasteiger partial charge in [-0.3, -0.25) is 19.2 Å². The first-order valence-electron chi connectivity index (χ1n) is 13.5. The Balaban J connectivity index is 1.53. The number of benzene rings is 2. The van der Waals surface area contributed by atoms with Crippen LogP contribution < -0.4 is 16.4 Å². The Kier molecular flexibility index (Phi) is 9.42. The highest BCUT2D eigenvalue weighted by molar-refractivity contribution is 5.96. The van der Waals surface area contributed by atoms with Gasteiger partial charge in [0.2, 0.25) is 17.7 Å². The van der Waals surface area contributed by atoms with Crippen LogP contribution in [0.4, 0.5) is 0 Å². The molecule has 1 fully saturated rings. The second kappa shape index (κ2) is 13.2. The predicted molar refractivity (Wildman–Crippen MR) is 150 cm³/mol. The predicted octanol–water partition coefficient (Wildman–Crippen LogP) is 0.506. The number of aliphatic carboxylic acids is 2. The topological polar surface area (TPSA) is 215 Å². The van der Waals surface area contributed by atoms with Gasteiger partial charge in [0.1, 0.15) is 23.9 Å². The van der Waals surface area contributed by atoms with E-state index in [-0.39, 0.29) is 31.6 Å². The quantitative estimate of drug-likeness (QED) is 0.159. The van der Waals surface area contributed by atoms with Crippen molar-refractivity contribution >= 4 is 40.6 Å².